The Morgan fingerprint density at radius 3 is 1.95 bits per heavy atom. The molecule has 1 fully saturated rings. The Labute approximate surface area is 240 Å². The number of pyridine rings is 1. The molecule has 210 valence electrons. The number of benzene rings is 3. The number of H-pyrrole nitrogens is 1. The Kier molecular flexibility index (Phi) is 7.28. The van der Waals surface area contributed by atoms with Gasteiger partial charge in [0.1, 0.15) is 6.04 Å². The molecule has 0 radical (unpaired) electrons. The average Bonchev–Trinajstić information content (AvgIpc) is 3.46. The first-order chi connectivity index (χ1) is 19.8. The lowest BCUT2D eigenvalue weighted by atomic mass is 9.95. The summed E-state index contributed by atoms with van der Waals surface area (Å²) in [4.78, 5) is 21.7. The van der Waals surface area contributed by atoms with E-state index in [9.17, 15) is 4.79 Å². The quantitative estimate of drug-likeness (QED) is 0.320. The Morgan fingerprint density at radius 1 is 0.780 bits per heavy atom. The monoisotopic (exact) mass is 547 g/mol. The van der Waals surface area contributed by atoms with E-state index in [2.05, 4.69) is 125 Å². The fourth-order valence-corrected chi connectivity index (χ4v) is 6.03. The van der Waals surface area contributed by atoms with Crippen molar-refractivity contribution >= 4 is 10.9 Å². The van der Waals surface area contributed by atoms with Gasteiger partial charge in [-0.05, 0) is 72.8 Å². The van der Waals surface area contributed by atoms with E-state index < -0.39 is 0 Å². The molecule has 1 atom stereocenters. The van der Waals surface area contributed by atoms with Gasteiger partial charge in [0.15, 0.2) is 5.82 Å². The van der Waals surface area contributed by atoms with Gasteiger partial charge in [-0.3, -0.25) is 14.6 Å². The predicted molar refractivity (Wildman–Crippen MR) is 162 cm³/mol. The summed E-state index contributed by atoms with van der Waals surface area (Å²) in [6, 6.07) is 29.3. The number of aryl methyl sites for hydroxylation is 1. The maximum atomic E-state index is 13.6. The fraction of sp³-hybridized carbons (Fsp3) is 0.333. The second kappa shape index (κ2) is 11.0. The zero-order valence-corrected chi connectivity index (χ0v) is 24.2. The van der Waals surface area contributed by atoms with Crippen LogP contribution in [-0.2, 0) is 5.54 Å². The lowest BCUT2D eigenvalue weighted by molar-refractivity contribution is 0.0839. The van der Waals surface area contributed by atoms with Crippen molar-refractivity contribution < 1.29 is 0 Å². The van der Waals surface area contributed by atoms with Gasteiger partial charge in [0, 0.05) is 37.3 Å². The molecule has 8 heteroatoms. The lowest BCUT2D eigenvalue weighted by Gasteiger charge is -2.42. The third kappa shape index (κ3) is 5.45. The zero-order chi connectivity index (χ0) is 28.6. The molecule has 1 aliphatic rings. The molecule has 6 rings (SSSR count). The van der Waals surface area contributed by atoms with Gasteiger partial charge in [0.2, 0.25) is 0 Å². The molecular weight excluding hydrogens is 510 g/mol. The number of hydrogen-bond acceptors (Lipinski definition) is 6. The number of rotatable bonds is 6. The summed E-state index contributed by atoms with van der Waals surface area (Å²) in [6.07, 6.45) is 0. The largest absolute Gasteiger partial charge is 0.322 e. The summed E-state index contributed by atoms with van der Waals surface area (Å²) in [5.41, 5.74) is 4.75. The van der Waals surface area contributed by atoms with Crippen LogP contribution in [0.1, 0.15) is 60.9 Å². The van der Waals surface area contributed by atoms with Gasteiger partial charge in [-0.2, -0.15) is 0 Å². The molecule has 2 aromatic heterocycles. The Balaban J connectivity index is 1.38. The molecule has 5 aromatic rings. The smallest absolute Gasteiger partial charge is 0.253 e. The van der Waals surface area contributed by atoms with Crippen molar-refractivity contribution in [2.24, 2.45) is 0 Å². The average molecular weight is 548 g/mol. The predicted octanol–water partition coefficient (Wildman–Crippen LogP) is 5.07. The van der Waals surface area contributed by atoms with Crippen LogP contribution in [0.25, 0.3) is 10.9 Å². The van der Waals surface area contributed by atoms with Crippen LogP contribution in [0.15, 0.2) is 89.7 Å². The molecule has 0 saturated carbocycles. The number of aromatic amines is 1. The van der Waals surface area contributed by atoms with E-state index in [1.807, 2.05) is 22.9 Å². The highest BCUT2D eigenvalue weighted by Gasteiger charge is 2.36. The van der Waals surface area contributed by atoms with Crippen LogP contribution in [0, 0.1) is 6.92 Å². The number of fused-ring (bicyclic) bond motifs is 1. The second-order valence-corrected chi connectivity index (χ2v) is 12.0. The van der Waals surface area contributed by atoms with Crippen LogP contribution < -0.4 is 5.56 Å². The molecule has 0 unspecified atom stereocenters. The Hall–Kier alpha value is -4.14. The second-order valence-electron chi connectivity index (χ2n) is 12.0. The van der Waals surface area contributed by atoms with Gasteiger partial charge in [0.05, 0.1) is 11.6 Å². The molecule has 41 heavy (non-hydrogen) atoms. The highest BCUT2D eigenvalue weighted by atomic mass is 16.1. The third-order valence-electron chi connectivity index (χ3n) is 8.01. The van der Waals surface area contributed by atoms with Crippen LogP contribution in [0.3, 0.4) is 0 Å². The summed E-state index contributed by atoms with van der Waals surface area (Å²) in [6.45, 7) is 11.5. The van der Waals surface area contributed by atoms with Crippen LogP contribution in [-0.4, -0.2) is 61.2 Å². The first-order valence-electron chi connectivity index (χ1n) is 14.3. The Bertz CT molecular complexity index is 1640. The molecule has 1 saturated heterocycles. The molecule has 0 amide bonds. The van der Waals surface area contributed by atoms with E-state index in [4.69, 9.17) is 0 Å². The summed E-state index contributed by atoms with van der Waals surface area (Å²) < 4.78 is 1.86. The summed E-state index contributed by atoms with van der Waals surface area (Å²) in [5.74, 6) is 0.686. The van der Waals surface area contributed by atoms with Gasteiger partial charge < -0.3 is 4.98 Å². The number of nitrogens with one attached hydrogen (secondary N) is 1. The molecule has 0 aliphatic carbocycles. The van der Waals surface area contributed by atoms with E-state index in [1.165, 1.54) is 11.1 Å². The fourth-order valence-electron chi connectivity index (χ4n) is 6.03. The normalized spacial score (nSPS) is 15.9. The van der Waals surface area contributed by atoms with Gasteiger partial charge in [-0.25, -0.2) is 4.68 Å². The van der Waals surface area contributed by atoms with Crippen molar-refractivity contribution in [2.75, 3.05) is 26.2 Å². The minimum Gasteiger partial charge on any atom is -0.322 e. The van der Waals surface area contributed by atoms with E-state index in [0.717, 1.165) is 42.6 Å². The first kappa shape index (κ1) is 27.1. The zero-order valence-electron chi connectivity index (χ0n) is 24.2. The highest BCUT2D eigenvalue weighted by molar-refractivity contribution is 5.79. The van der Waals surface area contributed by atoms with E-state index in [0.29, 0.717) is 11.4 Å². The van der Waals surface area contributed by atoms with Crippen molar-refractivity contribution in [1.29, 1.82) is 0 Å². The van der Waals surface area contributed by atoms with Gasteiger partial charge >= 0.3 is 0 Å². The minimum atomic E-state index is -0.382. The lowest BCUT2D eigenvalue weighted by Crippen LogP contribution is -2.50. The van der Waals surface area contributed by atoms with Crippen LogP contribution in [0.5, 0.6) is 0 Å². The standard InChI is InChI=1S/C33H37N7O/c1-23-15-16-28-26(21-23)22-27(32(41)34-28)30(31-35-36-37-40(31)33(2,3)4)39-19-17-38(18-20-39)29(24-11-7-5-8-12-24)25-13-9-6-10-14-25/h5-16,21-22,29-30H,17-20H2,1-4H3,(H,34,41)/t30-/m1/s1. The SMILES string of the molecule is Cc1ccc2[nH]c(=O)c([C@H](c3nnnn3C(C)(C)C)N3CCN(C(c4ccccc4)c4ccccc4)CC3)cc2c1. The van der Waals surface area contributed by atoms with Gasteiger partial charge in [-0.1, -0.05) is 72.3 Å². The van der Waals surface area contributed by atoms with Crippen molar-refractivity contribution in [3.05, 3.63) is 123 Å². The van der Waals surface area contributed by atoms with Gasteiger partial charge in [0.25, 0.3) is 5.56 Å². The van der Waals surface area contributed by atoms with Crippen LogP contribution in [0.2, 0.25) is 0 Å². The maximum absolute atomic E-state index is 13.6. The topological polar surface area (TPSA) is 82.9 Å². The summed E-state index contributed by atoms with van der Waals surface area (Å²) in [5, 5.41) is 14.0. The first-order valence-corrected chi connectivity index (χ1v) is 14.3. The van der Waals surface area contributed by atoms with Crippen LogP contribution in [0.4, 0.5) is 0 Å². The molecule has 1 aliphatic heterocycles. The molecule has 1 N–H and O–H groups in total. The molecule has 3 aromatic carbocycles. The van der Waals surface area contributed by atoms with E-state index >= 15 is 0 Å². The van der Waals surface area contributed by atoms with Crippen molar-refractivity contribution in [3.8, 4) is 0 Å². The number of piperazine rings is 1. The molecule has 0 spiro atoms. The number of tetrazole rings is 1. The molecule has 8 nitrogen and oxygen atoms in total. The van der Waals surface area contributed by atoms with Crippen molar-refractivity contribution in [3.63, 3.8) is 0 Å². The van der Waals surface area contributed by atoms with Crippen molar-refractivity contribution in [1.82, 2.24) is 35.0 Å². The summed E-state index contributed by atoms with van der Waals surface area (Å²) >= 11 is 0. The van der Waals surface area contributed by atoms with Crippen molar-refractivity contribution in [2.45, 2.75) is 45.3 Å². The van der Waals surface area contributed by atoms with E-state index in [-0.39, 0.29) is 23.2 Å². The maximum Gasteiger partial charge on any atom is 0.253 e. The van der Waals surface area contributed by atoms with Gasteiger partial charge in [-0.15, -0.1) is 5.10 Å². The Morgan fingerprint density at radius 2 is 1.37 bits per heavy atom. The molecule has 0 bridgehead atoms. The van der Waals surface area contributed by atoms with E-state index in [1.54, 1.807) is 0 Å². The summed E-state index contributed by atoms with van der Waals surface area (Å²) in [7, 11) is 0. The number of aromatic nitrogens is 5. The molecular formula is C33H37N7O. The van der Waals surface area contributed by atoms with Crippen LogP contribution >= 0.6 is 0 Å². The minimum absolute atomic E-state index is 0.108. The third-order valence-corrected chi connectivity index (χ3v) is 8.01. The molecule has 3 heterocycles. The number of hydrogen-bond donors (Lipinski definition) is 1. The highest BCUT2D eigenvalue weighted by Crippen LogP contribution is 2.34. The number of nitrogens with zero attached hydrogens (tertiary/aromatic N) is 6.